The fourth-order valence-corrected chi connectivity index (χ4v) is 12.6. The Kier molecular flexibility index (Phi) is 10.0. The van der Waals surface area contributed by atoms with Crippen molar-refractivity contribution >= 4 is 23.6 Å². The molecule has 0 saturated heterocycles. The Labute approximate surface area is 262 Å². The van der Waals surface area contributed by atoms with E-state index in [0.717, 1.165) is 51.4 Å². The zero-order valence-corrected chi connectivity index (χ0v) is 28.4. The first kappa shape index (κ1) is 31.0. The first-order chi connectivity index (χ1) is 21.0. The Morgan fingerprint density at radius 1 is 0.465 bits per heavy atom. The lowest BCUT2D eigenvalue weighted by molar-refractivity contribution is 1.08. The highest BCUT2D eigenvalue weighted by molar-refractivity contribution is 7.16. The van der Waals surface area contributed by atoms with Gasteiger partial charge in [0.15, 0.2) is 8.07 Å². The number of aryl methyl sites for hydroxylation is 6. The summed E-state index contributed by atoms with van der Waals surface area (Å²) < 4.78 is 0. The molecule has 0 aliphatic heterocycles. The summed E-state index contributed by atoms with van der Waals surface area (Å²) >= 11 is 0. The summed E-state index contributed by atoms with van der Waals surface area (Å²) in [5.41, 5.74) is 11.7. The van der Waals surface area contributed by atoms with Crippen molar-refractivity contribution in [2.24, 2.45) is 0 Å². The Bertz CT molecular complexity index is 1420. The van der Waals surface area contributed by atoms with Crippen LogP contribution >= 0.6 is 0 Å². The van der Waals surface area contributed by atoms with Crippen molar-refractivity contribution in [3.8, 4) is 0 Å². The second kappa shape index (κ2) is 13.9. The first-order valence-electron chi connectivity index (χ1n) is 16.8. The highest BCUT2D eigenvalue weighted by Crippen LogP contribution is 2.32. The molecule has 0 fully saturated rings. The maximum Gasteiger partial charge on any atom is 0.176 e. The van der Waals surface area contributed by atoms with E-state index >= 15 is 0 Å². The van der Waals surface area contributed by atoms with Crippen LogP contribution in [0.1, 0.15) is 86.9 Å². The van der Waals surface area contributed by atoms with Gasteiger partial charge >= 0.3 is 0 Å². The van der Waals surface area contributed by atoms with Crippen LogP contribution in [-0.2, 0) is 44.9 Å². The van der Waals surface area contributed by atoms with E-state index in [0.29, 0.717) is 0 Å². The molecular weight excluding hydrogens is 533 g/mol. The van der Waals surface area contributed by atoms with Crippen molar-refractivity contribution in [1.29, 1.82) is 0 Å². The first-order valence-corrected chi connectivity index (χ1v) is 18.8. The van der Waals surface area contributed by atoms with Crippen molar-refractivity contribution in [2.75, 3.05) is 0 Å². The van der Waals surface area contributed by atoms with Gasteiger partial charge < -0.3 is 0 Å². The normalized spacial score (nSPS) is 13.3. The van der Waals surface area contributed by atoms with Crippen molar-refractivity contribution in [2.45, 2.75) is 92.9 Å². The van der Waals surface area contributed by atoms with Crippen molar-refractivity contribution in [3.63, 3.8) is 0 Å². The largest absolute Gasteiger partial charge is 0.176 e. The van der Waals surface area contributed by atoms with E-state index in [-0.39, 0.29) is 0 Å². The van der Waals surface area contributed by atoms with Crippen molar-refractivity contribution in [1.82, 2.24) is 0 Å². The van der Waals surface area contributed by atoms with Crippen LogP contribution in [0.3, 0.4) is 0 Å². The van der Waals surface area contributed by atoms with Crippen LogP contribution in [0.15, 0.2) is 108 Å². The van der Waals surface area contributed by atoms with Gasteiger partial charge in [-0.3, -0.25) is 0 Å². The summed E-state index contributed by atoms with van der Waals surface area (Å²) in [4.78, 5) is 0. The van der Waals surface area contributed by atoms with Gasteiger partial charge in [-0.2, -0.15) is 0 Å². The number of benzene rings is 4. The molecule has 0 radical (unpaired) electrons. The number of hydrogen-bond acceptors (Lipinski definition) is 0. The molecule has 0 nitrogen and oxygen atoms in total. The quantitative estimate of drug-likeness (QED) is 0.116. The van der Waals surface area contributed by atoms with E-state index in [9.17, 15) is 0 Å². The third-order valence-corrected chi connectivity index (χ3v) is 14.5. The summed E-state index contributed by atoms with van der Waals surface area (Å²) in [6.45, 7) is 13.9. The molecular formula is C42H50Si. The molecule has 0 heterocycles. The van der Waals surface area contributed by atoms with Gasteiger partial charge in [0.1, 0.15) is 0 Å². The van der Waals surface area contributed by atoms with Gasteiger partial charge in [-0.15, -0.1) is 0 Å². The van der Waals surface area contributed by atoms with Gasteiger partial charge in [-0.25, -0.2) is 0 Å². The van der Waals surface area contributed by atoms with Crippen LogP contribution in [-0.4, -0.2) is 8.07 Å². The number of allylic oxidation sites excluding steroid dienone is 4. The lowest BCUT2D eigenvalue weighted by Gasteiger charge is -2.38. The Hall–Kier alpha value is -3.42. The summed E-state index contributed by atoms with van der Waals surface area (Å²) in [6, 6.07) is 34.1. The van der Waals surface area contributed by atoms with Crippen LogP contribution < -0.4 is 15.6 Å². The molecule has 1 aliphatic rings. The average Bonchev–Trinajstić information content (AvgIpc) is 3.52. The lowest BCUT2D eigenvalue weighted by Crippen LogP contribution is -2.69. The maximum atomic E-state index is 2.60. The second-order valence-electron chi connectivity index (χ2n) is 12.3. The van der Waals surface area contributed by atoms with E-state index in [1.165, 1.54) is 44.5 Å². The molecule has 0 saturated carbocycles. The molecule has 4 aromatic rings. The minimum atomic E-state index is -2.68. The maximum absolute atomic E-state index is 2.68. The van der Waals surface area contributed by atoms with Crippen LogP contribution in [0.5, 0.6) is 0 Å². The summed E-state index contributed by atoms with van der Waals surface area (Å²) in [5.74, 6) is 0. The smallest absolute Gasteiger partial charge is 0.0805 e. The predicted octanol–water partition coefficient (Wildman–Crippen LogP) is 8.57. The highest BCUT2D eigenvalue weighted by atomic mass is 28.3. The van der Waals surface area contributed by atoms with Gasteiger partial charge in [0.2, 0.25) is 0 Å². The van der Waals surface area contributed by atoms with E-state index < -0.39 is 8.07 Å². The Morgan fingerprint density at radius 2 is 0.837 bits per heavy atom. The molecule has 0 N–H and O–H groups in total. The van der Waals surface area contributed by atoms with Gasteiger partial charge in [-0.1, -0.05) is 144 Å². The molecule has 0 aromatic heterocycles. The standard InChI is InChI=1S/C42H50Si/c1-7-31-21-32(8-2)26-39(25-31)43(40-27-33(9-3)22-34(10-4)28-40,41-29-35(11-5)23-36(12-6)30-41)42-20-16-19-38(42)24-37-17-14-13-15-18-37/h13-19,21-23,25-30H,7-12,20,24H2,1-6H3. The molecule has 0 spiro atoms. The van der Waals surface area contributed by atoms with E-state index in [1.54, 1.807) is 20.8 Å². The second-order valence-corrected chi connectivity index (χ2v) is 16.1. The Morgan fingerprint density at radius 3 is 1.19 bits per heavy atom. The van der Waals surface area contributed by atoms with Crippen LogP contribution in [0.2, 0.25) is 0 Å². The zero-order valence-electron chi connectivity index (χ0n) is 27.4. The van der Waals surface area contributed by atoms with Gasteiger partial charge in [0.05, 0.1) is 0 Å². The SMILES string of the molecule is CCc1cc(CC)cc([Si](C2=C(Cc3ccccc3)C=CC2)(c2cc(CC)cc(CC)c2)c2cc(CC)cc(CC)c2)c1. The minimum Gasteiger partial charge on any atom is -0.0805 e. The van der Waals surface area contributed by atoms with Crippen LogP contribution in [0.4, 0.5) is 0 Å². The number of rotatable bonds is 12. The topological polar surface area (TPSA) is 0 Å². The predicted molar refractivity (Wildman–Crippen MR) is 191 cm³/mol. The molecule has 0 bridgehead atoms. The molecule has 4 aromatic carbocycles. The fraction of sp³-hybridized carbons (Fsp3) is 0.333. The Balaban J connectivity index is 1.98. The molecule has 1 aliphatic carbocycles. The lowest BCUT2D eigenvalue weighted by atomic mass is 10.1. The van der Waals surface area contributed by atoms with Crippen LogP contribution in [0.25, 0.3) is 0 Å². The summed E-state index contributed by atoms with van der Waals surface area (Å²) in [7, 11) is -2.68. The summed E-state index contributed by atoms with van der Waals surface area (Å²) in [6.07, 6.45) is 13.3. The average molecular weight is 583 g/mol. The number of hydrogen-bond donors (Lipinski definition) is 0. The van der Waals surface area contributed by atoms with Gasteiger partial charge in [0.25, 0.3) is 0 Å². The monoisotopic (exact) mass is 582 g/mol. The molecule has 0 amide bonds. The third-order valence-electron chi connectivity index (χ3n) is 9.62. The van der Waals surface area contributed by atoms with Gasteiger partial charge in [0, 0.05) is 0 Å². The zero-order chi connectivity index (χ0) is 30.4. The van der Waals surface area contributed by atoms with Crippen molar-refractivity contribution < 1.29 is 0 Å². The molecule has 1 heteroatoms. The van der Waals surface area contributed by atoms with Gasteiger partial charge in [-0.05, 0) is 111 Å². The third kappa shape index (κ3) is 6.29. The van der Waals surface area contributed by atoms with E-state index in [2.05, 4.69) is 139 Å². The van der Waals surface area contributed by atoms with Crippen LogP contribution in [0, 0.1) is 0 Å². The molecule has 43 heavy (non-hydrogen) atoms. The van der Waals surface area contributed by atoms with E-state index in [4.69, 9.17) is 0 Å². The minimum absolute atomic E-state index is 0.984. The fourth-order valence-electron chi connectivity index (χ4n) is 7.11. The molecule has 5 rings (SSSR count). The molecule has 222 valence electrons. The highest BCUT2D eigenvalue weighted by Gasteiger charge is 2.45. The van der Waals surface area contributed by atoms with Crippen molar-refractivity contribution in [3.05, 3.63) is 147 Å². The molecule has 0 unspecified atom stereocenters. The van der Waals surface area contributed by atoms with E-state index in [1.807, 2.05) is 0 Å². The summed E-state index contributed by atoms with van der Waals surface area (Å²) in [5, 5.41) is 6.38. The molecule has 0 atom stereocenters.